The molecular formula is C16H17ClN4O3. The van der Waals surface area contributed by atoms with Gasteiger partial charge in [-0.15, -0.1) is 10.2 Å². The highest BCUT2D eigenvalue weighted by Gasteiger charge is 2.21. The molecule has 2 aliphatic rings. The molecule has 0 atom stereocenters. The fourth-order valence-electron chi connectivity index (χ4n) is 3.04. The standard InChI is InChI=1S/C16H17ClN4O3/c17-11-6-10(7-12-15(11)24-9-23-12)16(22)18-8-14-20-19-13-4-2-1-3-5-21(13)14/h6-7H,1-5,8-9H2,(H,18,22). The van der Waals surface area contributed by atoms with Gasteiger partial charge in [0.25, 0.3) is 5.91 Å². The van der Waals surface area contributed by atoms with E-state index in [-0.39, 0.29) is 12.7 Å². The van der Waals surface area contributed by atoms with Gasteiger partial charge < -0.3 is 19.4 Å². The lowest BCUT2D eigenvalue weighted by molar-refractivity contribution is 0.0949. The minimum Gasteiger partial charge on any atom is -0.454 e. The summed E-state index contributed by atoms with van der Waals surface area (Å²) in [7, 11) is 0. The maximum absolute atomic E-state index is 12.4. The number of halogens is 1. The summed E-state index contributed by atoms with van der Waals surface area (Å²) in [6, 6.07) is 3.21. The van der Waals surface area contributed by atoms with Gasteiger partial charge in [0.15, 0.2) is 17.3 Å². The van der Waals surface area contributed by atoms with Crippen LogP contribution >= 0.6 is 11.6 Å². The molecule has 7 nitrogen and oxygen atoms in total. The lowest BCUT2D eigenvalue weighted by Gasteiger charge is -2.09. The number of carbonyl (C=O) groups excluding carboxylic acids is 1. The Morgan fingerprint density at radius 2 is 2.17 bits per heavy atom. The van der Waals surface area contributed by atoms with Crippen molar-refractivity contribution in [3.8, 4) is 11.5 Å². The Bertz CT molecular complexity index is 790. The number of rotatable bonds is 3. The Morgan fingerprint density at radius 1 is 1.25 bits per heavy atom. The monoisotopic (exact) mass is 348 g/mol. The third-order valence-electron chi connectivity index (χ3n) is 4.28. The minimum atomic E-state index is -0.235. The van der Waals surface area contributed by atoms with Crippen molar-refractivity contribution < 1.29 is 14.3 Å². The van der Waals surface area contributed by atoms with E-state index in [1.165, 1.54) is 6.42 Å². The number of benzene rings is 1. The van der Waals surface area contributed by atoms with Crippen molar-refractivity contribution in [2.45, 2.75) is 38.8 Å². The highest BCUT2D eigenvalue weighted by molar-refractivity contribution is 6.32. The van der Waals surface area contributed by atoms with E-state index in [4.69, 9.17) is 21.1 Å². The molecular weight excluding hydrogens is 332 g/mol. The zero-order chi connectivity index (χ0) is 16.5. The first-order chi connectivity index (χ1) is 11.7. The summed E-state index contributed by atoms with van der Waals surface area (Å²) in [6.45, 7) is 1.35. The molecule has 0 saturated carbocycles. The van der Waals surface area contributed by atoms with E-state index >= 15 is 0 Å². The minimum absolute atomic E-state index is 0.117. The van der Waals surface area contributed by atoms with Gasteiger partial charge in [-0.2, -0.15) is 0 Å². The second-order valence-corrected chi connectivity index (χ2v) is 6.28. The molecule has 2 aromatic rings. The van der Waals surface area contributed by atoms with E-state index in [0.717, 1.165) is 37.5 Å². The molecule has 1 aromatic carbocycles. The summed E-state index contributed by atoms with van der Waals surface area (Å²) >= 11 is 6.12. The largest absolute Gasteiger partial charge is 0.454 e. The lowest BCUT2D eigenvalue weighted by atomic mass is 10.2. The van der Waals surface area contributed by atoms with Gasteiger partial charge in [-0.25, -0.2) is 0 Å². The molecule has 2 aliphatic heterocycles. The van der Waals surface area contributed by atoms with Crippen molar-refractivity contribution >= 4 is 17.5 Å². The number of carbonyl (C=O) groups is 1. The average molecular weight is 349 g/mol. The molecule has 1 aromatic heterocycles. The van der Waals surface area contributed by atoms with Gasteiger partial charge in [0.1, 0.15) is 5.82 Å². The third kappa shape index (κ3) is 2.80. The van der Waals surface area contributed by atoms with E-state index in [1.807, 2.05) is 0 Å². The number of aryl methyl sites for hydroxylation is 1. The first-order valence-electron chi connectivity index (χ1n) is 8.00. The van der Waals surface area contributed by atoms with E-state index in [1.54, 1.807) is 12.1 Å². The Morgan fingerprint density at radius 3 is 3.08 bits per heavy atom. The maximum atomic E-state index is 12.4. The van der Waals surface area contributed by atoms with Crippen molar-refractivity contribution in [1.82, 2.24) is 20.1 Å². The van der Waals surface area contributed by atoms with Crippen LogP contribution in [0, 0.1) is 0 Å². The van der Waals surface area contributed by atoms with E-state index < -0.39 is 0 Å². The van der Waals surface area contributed by atoms with Crippen molar-refractivity contribution in [1.29, 1.82) is 0 Å². The molecule has 1 N–H and O–H groups in total. The van der Waals surface area contributed by atoms with Crippen LogP contribution < -0.4 is 14.8 Å². The van der Waals surface area contributed by atoms with E-state index in [9.17, 15) is 4.79 Å². The fourth-order valence-corrected chi connectivity index (χ4v) is 3.30. The Labute approximate surface area is 143 Å². The van der Waals surface area contributed by atoms with Gasteiger partial charge in [-0.3, -0.25) is 4.79 Å². The normalized spacial score (nSPS) is 15.7. The van der Waals surface area contributed by atoms with Gasteiger partial charge in [-0.1, -0.05) is 18.0 Å². The molecule has 0 radical (unpaired) electrons. The van der Waals surface area contributed by atoms with Gasteiger partial charge in [-0.05, 0) is 25.0 Å². The first-order valence-corrected chi connectivity index (χ1v) is 8.38. The fraction of sp³-hybridized carbons (Fsp3) is 0.438. The lowest BCUT2D eigenvalue weighted by Crippen LogP contribution is -2.25. The average Bonchev–Trinajstić information content (AvgIpc) is 3.14. The summed E-state index contributed by atoms with van der Waals surface area (Å²) in [5.74, 6) is 2.52. The van der Waals surface area contributed by atoms with Crippen LogP contribution in [-0.4, -0.2) is 27.5 Å². The molecule has 126 valence electrons. The van der Waals surface area contributed by atoms with Gasteiger partial charge in [0.05, 0.1) is 11.6 Å². The molecule has 1 amide bonds. The van der Waals surface area contributed by atoms with Crippen LogP contribution in [0.25, 0.3) is 0 Å². The smallest absolute Gasteiger partial charge is 0.251 e. The summed E-state index contributed by atoms with van der Waals surface area (Å²) in [5, 5.41) is 11.7. The molecule has 4 rings (SSSR count). The van der Waals surface area contributed by atoms with Gasteiger partial charge >= 0.3 is 0 Å². The molecule has 0 unspecified atom stereocenters. The second kappa shape index (κ2) is 6.32. The molecule has 0 spiro atoms. The zero-order valence-corrected chi connectivity index (χ0v) is 13.8. The van der Waals surface area contributed by atoms with Crippen molar-refractivity contribution in [2.75, 3.05) is 6.79 Å². The van der Waals surface area contributed by atoms with Crippen LogP contribution in [0.1, 0.15) is 41.3 Å². The van der Waals surface area contributed by atoms with E-state index in [2.05, 4.69) is 20.1 Å². The number of nitrogens with one attached hydrogen (secondary N) is 1. The summed E-state index contributed by atoms with van der Waals surface area (Å²) in [6.07, 6.45) is 4.40. The molecule has 3 heterocycles. The Hall–Kier alpha value is -2.28. The number of hydrogen-bond donors (Lipinski definition) is 1. The number of ether oxygens (including phenoxy) is 2. The van der Waals surface area contributed by atoms with Crippen LogP contribution in [0.5, 0.6) is 11.5 Å². The highest BCUT2D eigenvalue weighted by atomic mass is 35.5. The second-order valence-electron chi connectivity index (χ2n) is 5.87. The number of fused-ring (bicyclic) bond motifs is 2. The Kier molecular flexibility index (Phi) is 4.02. The van der Waals surface area contributed by atoms with Crippen LogP contribution in [0.4, 0.5) is 0 Å². The molecule has 0 aliphatic carbocycles. The molecule has 0 fully saturated rings. The molecule has 0 saturated heterocycles. The Balaban J connectivity index is 1.48. The summed E-state index contributed by atoms with van der Waals surface area (Å²) < 4.78 is 12.7. The molecule has 0 bridgehead atoms. The van der Waals surface area contributed by atoms with Crippen LogP contribution in [0.3, 0.4) is 0 Å². The SMILES string of the molecule is O=C(NCc1nnc2n1CCCCC2)c1cc(Cl)c2c(c1)OCO2. The predicted molar refractivity (Wildman–Crippen MR) is 86.3 cm³/mol. The van der Waals surface area contributed by atoms with Gasteiger partial charge in [0, 0.05) is 18.5 Å². The predicted octanol–water partition coefficient (Wildman–Crippen LogP) is 2.32. The number of nitrogens with zero attached hydrogens (tertiary/aromatic N) is 3. The summed E-state index contributed by atoms with van der Waals surface area (Å²) in [4.78, 5) is 12.4. The quantitative estimate of drug-likeness (QED) is 0.921. The van der Waals surface area contributed by atoms with Crippen LogP contribution in [0.15, 0.2) is 12.1 Å². The number of hydrogen-bond acceptors (Lipinski definition) is 5. The topological polar surface area (TPSA) is 78.3 Å². The van der Waals surface area contributed by atoms with Crippen LogP contribution in [-0.2, 0) is 19.5 Å². The highest BCUT2D eigenvalue weighted by Crippen LogP contribution is 2.39. The van der Waals surface area contributed by atoms with Gasteiger partial charge in [0.2, 0.25) is 6.79 Å². The van der Waals surface area contributed by atoms with Crippen LogP contribution in [0.2, 0.25) is 5.02 Å². The number of aromatic nitrogens is 3. The van der Waals surface area contributed by atoms with Crippen molar-refractivity contribution in [3.63, 3.8) is 0 Å². The summed E-state index contributed by atoms with van der Waals surface area (Å²) in [5.41, 5.74) is 0.430. The van der Waals surface area contributed by atoms with Crippen molar-refractivity contribution in [3.05, 3.63) is 34.4 Å². The molecule has 24 heavy (non-hydrogen) atoms. The molecule has 8 heteroatoms. The third-order valence-corrected chi connectivity index (χ3v) is 4.56. The first kappa shape index (κ1) is 15.3. The maximum Gasteiger partial charge on any atom is 0.251 e. The number of amides is 1. The van der Waals surface area contributed by atoms with Crippen molar-refractivity contribution in [2.24, 2.45) is 0 Å². The van der Waals surface area contributed by atoms with E-state index in [0.29, 0.717) is 28.6 Å². The zero-order valence-electron chi connectivity index (χ0n) is 13.0.